The highest BCUT2D eigenvalue weighted by atomic mass is 32.2. The second kappa shape index (κ2) is 7.09. The van der Waals surface area contributed by atoms with Crippen LogP contribution in [-0.4, -0.2) is 27.1 Å². The molecule has 2 aromatic rings. The Kier molecular flexibility index (Phi) is 5.06. The first-order valence-corrected chi connectivity index (χ1v) is 10.7. The van der Waals surface area contributed by atoms with Crippen LogP contribution in [0.3, 0.4) is 0 Å². The summed E-state index contributed by atoms with van der Waals surface area (Å²) >= 11 is 1.55. The Morgan fingerprint density at radius 3 is 2.60 bits per heavy atom. The molecule has 7 heteroatoms. The van der Waals surface area contributed by atoms with E-state index in [0.717, 1.165) is 22.6 Å². The van der Waals surface area contributed by atoms with Gasteiger partial charge in [-0.15, -0.1) is 11.8 Å². The van der Waals surface area contributed by atoms with Crippen LogP contribution in [0.15, 0.2) is 52.3 Å². The van der Waals surface area contributed by atoms with E-state index < -0.39 is 10.0 Å². The summed E-state index contributed by atoms with van der Waals surface area (Å²) in [4.78, 5) is 14.8. The molecule has 132 valence electrons. The van der Waals surface area contributed by atoms with Crippen molar-refractivity contribution in [3.05, 3.63) is 48.0 Å². The highest BCUT2D eigenvalue weighted by Crippen LogP contribution is 2.28. The lowest BCUT2D eigenvalue weighted by atomic mass is 10.2. The molecule has 0 aromatic heterocycles. The number of carbonyl (C=O) groups excluding carboxylic acids is 1. The second-order valence-electron chi connectivity index (χ2n) is 5.93. The molecule has 1 aliphatic heterocycles. The molecule has 1 amide bonds. The Bertz CT molecular complexity index is 910. The number of rotatable bonds is 5. The van der Waals surface area contributed by atoms with Gasteiger partial charge in [-0.2, -0.15) is 0 Å². The molecule has 0 aliphatic carbocycles. The molecule has 1 N–H and O–H groups in total. The minimum absolute atomic E-state index is 0.0886. The van der Waals surface area contributed by atoms with E-state index in [4.69, 9.17) is 0 Å². The van der Waals surface area contributed by atoms with Crippen LogP contribution in [0.5, 0.6) is 0 Å². The number of aryl methyl sites for hydroxylation is 1. The zero-order chi connectivity index (χ0) is 18.0. The first kappa shape index (κ1) is 17.8. The van der Waals surface area contributed by atoms with Gasteiger partial charge in [0.2, 0.25) is 5.91 Å². The normalized spacial score (nSPS) is 14.8. The molecule has 1 heterocycles. The second-order valence-corrected chi connectivity index (χ2v) is 8.50. The molecular weight excluding hydrogens is 356 g/mol. The number of carbonyl (C=O) groups is 1. The summed E-state index contributed by atoms with van der Waals surface area (Å²) in [7, 11) is -3.68. The minimum atomic E-state index is -3.68. The van der Waals surface area contributed by atoms with E-state index in [2.05, 4.69) is 4.72 Å². The maximum Gasteiger partial charge on any atom is 0.261 e. The molecule has 3 rings (SSSR count). The van der Waals surface area contributed by atoms with Crippen LogP contribution in [0, 0.1) is 6.92 Å². The summed E-state index contributed by atoms with van der Waals surface area (Å²) in [5.41, 5.74) is 2.09. The molecule has 0 unspecified atom stereocenters. The summed E-state index contributed by atoms with van der Waals surface area (Å²) < 4.78 is 27.9. The van der Waals surface area contributed by atoms with Gasteiger partial charge in [0.25, 0.3) is 10.0 Å². The molecule has 1 aliphatic rings. The number of hydrogen-bond acceptors (Lipinski definition) is 4. The van der Waals surface area contributed by atoms with Crippen LogP contribution in [0.4, 0.5) is 11.4 Å². The van der Waals surface area contributed by atoms with Crippen molar-refractivity contribution in [3.63, 3.8) is 0 Å². The molecule has 0 spiro atoms. The van der Waals surface area contributed by atoms with Gasteiger partial charge in [-0.05, 0) is 61.6 Å². The van der Waals surface area contributed by atoms with Crippen LogP contribution in [0.2, 0.25) is 0 Å². The van der Waals surface area contributed by atoms with Crippen molar-refractivity contribution >= 4 is 39.1 Å². The molecule has 5 nitrogen and oxygen atoms in total. The van der Waals surface area contributed by atoms with E-state index >= 15 is 0 Å². The summed E-state index contributed by atoms with van der Waals surface area (Å²) in [5.74, 6) is 0.0886. The maximum absolute atomic E-state index is 12.7. The molecule has 0 atom stereocenters. The molecule has 1 fully saturated rings. The lowest BCUT2D eigenvalue weighted by Crippen LogP contribution is -2.24. The van der Waals surface area contributed by atoms with Gasteiger partial charge in [-0.1, -0.05) is 6.07 Å². The highest BCUT2D eigenvalue weighted by Gasteiger charge is 2.24. The van der Waals surface area contributed by atoms with Gasteiger partial charge in [0.1, 0.15) is 0 Å². The standard InChI is InChI=1S/C18H20N2O3S2/c1-13-11-16(8-9-17(13)20-10-4-7-18(20)21)25(22,23)19-14-5-3-6-15(12-14)24-2/h3,5-6,8-9,11-12,19H,4,7,10H2,1-2H3. The molecular formula is C18H20N2O3S2. The highest BCUT2D eigenvalue weighted by molar-refractivity contribution is 7.98. The van der Waals surface area contributed by atoms with Gasteiger partial charge in [-0.25, -0.2) is 8.42 Å². The average molecular weight is 377 g/mol. The van der Waals surface area contributed by atoms with Crippen molar-refractivity contribution in [2.24, 2.45) is 0 Å². The fourth-order valence-electron chi connectivity index (χ4n) is 2.90. The van der Waals surface area contributed by atoms with Gasteiger partial charge in [0.15, 0.2) is 0 Å². The van der Waals surface area contributed by atoms with Crippen LogP contribution in [0.1, 0.15) is 18.4 Å². The number of nitrogens with one attached hydrogen (secondary N) is 1. The van der Waals surface area contributed by atoms with Crippen molar-refractivity contribution in [2.45, 2.75) is 29.6 Å². The lowest BCUT2D eigenvalue weighted by Gasteiger charge is -2.19. The minimum Gasteiger partial charge on any atom is -0.312 e. The smallest absolute Gasteiger partial charge is 0.261 e. The zero-order valence-corrected chi connectivity index (χ0v) is 15.8. The van der Waals surface area contributed by atoms with Gasteiger partial charge >= 0.3 is 0 Å². The third kappa shape index (κ3) is 3.82. The Morgan fingerprint density at radius 1 is 1.16 bits per heavy atom. The van der Waals surface area contributed by atoms with Crippen molar-refractivity contribution in [3.8, 4) is 0 Å². The number of anilines is 2. The topological polar surface area (TPSA) is 66.5 Å². The van der Waals surface area contributed by atoms with Crippen molar-refractivity contribution in [1.29, 1.82) is 0 Å². The van der Waals surface area contributed by atoms with Crippen LogP contribution in [0.25, 0.3) is 0 Å². The third-order valence-corrected chi connectivity index (χ3v) is 6.27. The third-order valence-electron chi connectivity index (χ3n) is 4.16. The van der Waals surface area contributed by atoms with Crippen molar-refractivity contribution in [1.82, 2.24) is 0 Å². The first-order valence-electron chi connectivity index (χ1n) is 7.98. The molecule has 0 radical (unpaired) electrons. The Morgan fingerprint density at radius 2 is 1.96 bits per heavy atom. The van der Waals surface area contributed by atoms with E-state index in [1.54, 1.807) is 47.0 Å². The molecule has 0 bridgehead atoms. The Labute approximate surface area is 152 Å². The quantitative estimate of drug-likeness (QED) is 0.809. The van der Waals surface area contributed by atoms with Crippen LogP contribution in [-0.2, 0) is 14.8 Å². The Balaban J connectivity index is 1.87. The maximum atomic E-state index is 12.7. The van der Waals surface area contributed by atoms with Crippen LogP contribution >= 0.6 is 11.8 Å². The zero-order valence-electron chi connectivity index (χ0n) is 14.2. The number of amides is 1. The van der Waals surface area contributed by atoms with Gasteiger partial charge < -0.3 is 4.90 Å². The number of thioether (sulfide) groups is 1. The Hall–Kier alpha value is -1.99. The molecule has 2 aromatic carbocycles. The number of hydrogen-bond donors (Lipinski definition) is 1. The summed E-state index contributed by atoms with van der Waals surface area (Å²) in [5, 5.41) is 0. The SMILES string of the molecule is CSc1cccc(NS(=O)(=O)c2ccc(N3CCCC3=O)c(C)c2)c1. The predicted molar refractivity (Wildman–Crippen MR) is 102 cm³/mol. The summed E-state index contributed by atoms with van der Waals surface area (Å²) in [6.07, 6.45) is 3.33. The van der Waals surface area contributed by atoms with Crippen LogP contribution < -0.4 is 9.62 Å². The van der Waals surface area contributed by atoms with E-state index in [0.29, 0.717) is 18.7 Å². The van der Waals surface area contributed by atoms with Crippen molar-refractivity contribution < 1.29 is 13.2 Å². The molecule has 0 saturated carbocycles. The van der Waals surface area contributed by atoms with E-state index in [-0.39, 0.29) is 10.8 Å². The number of nitrogens with zero attached hydrogens (tertiary/aromatic N) is 1. The molecule has 1 saturated heterocycles. The largest absolute Gasteiger partial charge is 0.312 e. The van der Waals surface area contributed by atoms with Gasteiger partial charge in [-0.3, -0.25) is 9.52 Å². The van der Waals surface area contributed by atoms with E-state index in [9.17, 15) is 13.2 Å². The monoisotopic (exact) mass is 376 g/mol. The number of sulfonamides is 1. The summed E-state index contributed by atoms with van der Waals surface area (Å²) in [6.45, 7) is 2.51. The van der Waals surface area contributed by atoms with Gasteiger partial charge in [0.05, 0.1) is 4.90 Å². The average Bonchev–Trinajstić information content (AvgIpc) is 3.00. The summed E-state index contributed by atoms with van der Waals surface area (Å²) in [6, 6.07) is 12.1. The number of benzene rings is 2. The fraction of sp³-hybridized carbons (Fsp3) is 0.278. The first-order chi connectivity index (χ1) is 11.9. The fourth-order valence-corrected chi connectivity index (χ4v) is 4.50. The van der Waals surface area contributed by atoms with Crippen molar-refractivity contribution in [2.75, 3.05) is 22.4 Å². The van der Waals surface area contributed by atoms with E-state index in [1.165, 1.54) is 0 Å². The predicted octanol–water partition coefficient (Wildman–Crippen LogP) is 3.64. The lowest BCUT2D eigenvalue weighted by molar-refractivity contribution is -0.117. The molecule has 25 heavy (non-hydrogen) atoms. The van der Waals surface area contributed by atoms with E-state index in [1.807, 2.05) is 25.3 Å². The van der Waals surface area contributed by atoms with Gasteiger partial charge in [0, 0.05) is 29.2 Å².